The van der Waals surface area contributed by atoms with E-state index in [9.17, 15) is 4.79 Å². The molecule has 0 fully saturated rings. The van der Waals surface area contributed by atoms with Crippen LogP contribution in [0.1, 0.15) is 22.8 Å². The van der Waals surface area contributed by atoms with Gasteiger partial charge in [-0.1, -0.05) is 0 Å². The third kappa shape index (κ3) is 2.65. The summed E-state index contributed by atoms with van der Waals surface area (Å²) in [5, 5.41) is 4.94. The fourth-order valence-electron chi connectivity index (χ4n) is 2.55. The van der Waals surface area contributed by atoms with Gasteiger partial charge in [0.15, 0.2) is 11.5 Å². The molecule has 6 heteroatoms. The Morgan fingerprint density at radius 2 is 1.95 bits per heavy atom. The Bertz CT molecular complexity index is 698. The average Bonchev–Trinajstić information content (AvgIpc) is 2.91. The number of hydrogen-bond acceptors (Lipinski definition) is 4. The second kappa shape index (κ2) is 5.69. The first-order valence-electron chi connectivity index (χ1n) is 6.42. The van der Waals surface area contributed by atoms with E-state index in [1.165, 1.54) is 0 Å². The third-order valence-corrected chi connectivity index (χ3v) is 5.33. The van der Waals surface area contributed by atoms with E-state index in [0.717, 1.165) is 20.6 Å². The van der Waals surface area contributed by atoms with Crippen molar-refractivity contribution in [3.63, 3.8) is 0 Å². The number of fused-ring (bicyclic) bond motifs is 1. The van der Waals surface area contributed by atoms with Crippen LogP contribution in [0.4, 0.5) is 5.69 Å². The van der Waals surface area contributed by atoms with Crippen molar-refractivity contribution in [2.24, 2.45) is 0 Å². The van der Waals surface area contributed by atoms with E-state index < -0.39 is 0 Å². The highest BCUT2D eigenvalue weighted by molar-refractivity contribution is 9.10. The van der Waals surface area contributed by atoms with E-state index in [-0.39, 0.29) is 11.8 Å². The largest absolute Gasteiger partial charge is 0.493 e. The average molecular weight is 368 g/mol. The van der Waals surface area contributed by atoms with Crippen LogP contribution in [-0.4, -0.2) is 20.1 Å². The van der Waals surface area contributed by atoms with Gasteiger partial charge in [0.25, 0.3) is 0 Å². The van der Waals surface area contributed by atoms with Crippen LogP contribution in [0.2, 0.25) is 0 Å². The van der Waals surface area contributed by atoms with Gasteiger partial charge in [-0.05, 0) is 33.6 Å². The van der Waals surface area contributed by atoms with Crippen LogP contribution in [0, 0.1) is 0 Å². The predicted molar refractivity (Wildman–Crippen MR) is 86.7 cm³/mol. The van der Waals surface area contributed by atoms with Crippen molar-refractivity contribution in [2.75, 3.05) is 19.5 Å². The topological polar surface area (TPSA) is 47.6 Å². The first-order valence-corrected chi connectivity index (χ1v) is 8.09. The van der Waals surface area contributed by atoms with Crippen molar-refractivity contribution < 1.29 is 14.3 Å². The van der Waals surface area contributed by atoms with E-state index in [4.69, 9.17) is 9.47 Å². The SMILES string of the molecule is COc1cc2c(cc1OC)C(c1cc(Br)cs1)CC(=O)N2. The molecule has 1 aliphatic rings. The molecular weight excluding hydrogens is 354 g/mol. The van der Waals surface area contributed by atoms with E-state index in [1.807, 2.05) is 17.5 Å². The Hall–Kier alpha value is -1.53. The molecule has 0 radical (unpaired) electrons. The molecule has 1 aromatic heterocycles. The number of hydrogen-bond donors (Lipinski definition) is 1. The molecule has 0 saturated carbocycles. The lowest BCUT2D eigenvalue weighted by Crippen LogP contribution is -2.23. The summed E-state index contributed by atoms with van der Waals surface area (Å²) in [7, 11) is 3.20. The molecule has 1 amide bonds. The molecule has 2 heterocycles. The molecular formula is C15H14BrNO3S. The smallest absolute Gasteiger partial charge is 0.225 e. The minimum atomic E-state index is 0.0178. The van der Waals surface area contributed by atoms with Crippen LogP contribution >= 0.6 is 27.3 Å². The highest BCUT2D eigenvalue weighted by Gasteiger charge is 2.29. The highest BCUT2D eigenvalue weighted by atomic mass is 79.9. The van der Waals surface area contributed by atoms with Crippen molar-refractivity contribution in [1.29, 1.82) is 0 Å². The molecule has 4 nitrogen and oxygen atoms in total. The number of anilines is 1. The fraction of sp³-hybridized carbons (Fsp3) is 0.267. The Balaban J connectivity index is 2.12. The fourth-order valence-corrected chi connectivity index (χ4v) is 4.12. The molecule has 1 aliphatic heterocycles. The second-order valence-electron chi connectivity index (χ2n) is 4.77. The first kappa shape index (κ1) is 14.4. The molecule has 0 spiro atoms. The van der Waals surface area contributed by atoms with Gasteiger partial charge in [-0.2, -0.15) is 0 Å². The Kier molecular flexibility index (Phi) is 3.91. The molecule has 1 N–H and O–H groups in total. The van der Waals surface area contributed by atoms with Gasteiger partial charge < -0.3 is 14.8 Å². The van der Waals surface area contributed by atoms with Gasteiger partial charge in [-0.25, -0.2) is 0 Å². The third-order valence-electron chi connectivity index (χ3n) is 3.53. The molecule has 3 rings (SSSR count). The summed E-state index contributed by atoms with van der Waals surface area (Å²) in [4.78, 5) is 13.1. The molecule has 1 unspecified atom stereocenters. The summed E-state index contributed by atoms with van der Waals surface area (Å²) < 4.78 is 11.7. The second-order valence-corrected chi connectivity index (χ2v) is 6.63. The van der Waals surface area contributed by atoms with Gasteiger partial charge >= 0.3 is 0 Å². The van der Waals surface area contributed by atoms with E-state index in [0.29, 0.717) is 17.9 Å². The zero-order valence-corrected chi connectivity index (χ0v) is 14.0. The van der Waals surface area contributed by atoms with Gasteiger partial charge in [-0.3, -0.25) is 4.79 Å². The Morgan fingerprint density at radius 1 is 1.24 bits per heavy atom. The van der Waals surface area contributed by atoms with Gasteiger partial charge in [0, 0.05) is 38.8 Å². The van der Waals surface area contributed by atoms with Crippen LogP contribution in [0.5, 0.6) is 11.5 Å². The molecule has 21 heavy (non-hydrogen) atoms. The monoisotopic (exact) mass is 367 g/mol. The minimum Gasteiger partial charge on any atom is -0.493 e. The van der Waals surface area contributed by atoms with Crippen LogP contribution in [-0.2, 0) is 4.79 Å². The molecule has 0 bridgehead atoms. The number of thiophene rings is 1. The predicted octanol–water partition coefficient (Wildman–Crippen LogP) is 4.00. The van der Waals surface area contributed by atoms with E-state index in [2.05, 4.69) is 27.3 Å². The number of benzene rings is 1. The van der Waals surface area contributed by atoms with Crippen molar-refractivity contribution in [2.45, 2.75) is 12.3 Å². The zero-order chi connectivity index (χ0) is 15.0. The van der Waals surface area contributed by atoms with Crippen molar-refractivity contribution in [3.8, 4) is 11.5 Å². The van der Waals surface area contributed by atoms with Gasteiger partial charge in [0.05, 0.1) is 14.2 Å². The molecule has 2 aromatic rings. The van der Waals surface area contributed by atoms with E-state index >= 15 is 0 Å². The lowest BCUT2D eigenvalue weighted by molar-refractivity contribution is -0.116. The van der Waals surface area contributed by atoms with Gasteiger partial charge in [-0.15, -0.1) is 11.3 Å². The quantitative estimate of drug-likeness (QED) is 0.891. The lowest BCUT2D eigenvalue weighted by atomic mass is 9.89. The van der Waals surface area contributed by atoms with Gasteiger partial charge in [0.2, 0.25) is 5.91 Å². The lowest BCUT2D eigenvalue weighted by Gasteiger charge is -2.26. The van der Waals surface area contributed by atoms with Crippen molar-refractivity contribution in [1.82, 2.24) is 0 Å². The Labute approximate surface area is 135 Å². The van der Waals surface area contributed by atoms with Gasteiger partial charge in [0.1, 0.15) is 0 Å². The number of nitrogens with one attached hydrogen (secondary N) is 1. The van der Waals surface area contributed by atoms with Crippen molar-refractivity contribution >= 4 is 38.9 Å². The minimum absolute atomic E-state index is 0.0178. The molecule has 1 atom stereocenters. The summed E-state index contributed by atoms with van der Waals surface area (Å²) >= 11 is 5.12. The maximum atomic E-state index is 12.0. The maximum Gasteiger partial charge on any atom is 0.225 e. The zero-order valence-electron chi connectivity index (χ0n) is 11.6. The number of methoxy groups -OCH3 is 2. The summed E-state index contributed by atoms with van der Waals surface area (Å²) in [6, 6.07) is 5.83. The normalized spacial score (nSPS) is 17.1. The Morgan fingerprint density at radius 3 is 2.57 bits per heavy atom. The maximum absolute atomic E-state index is 12.0. The standard InChI is InChI=1S/C15H14BrNO3S/c1-19-12-4-9-10(14-3-8(16)7-21-14)5-15(18)17-11(9)6-13(12)20-2/h3-4,6-7,10H,5H2,1-2H3,(H,17,18). The number of carbonyl (C=O) groups is 1. The van der Waals surface area contributed by atoms with Crippen LogP contribution < -0.4 is 14.8 Å². The summed E-state index contributed by atoms with van der Waals surface area (Å²) in [5.41, 5.74) is 1.85. The number of rotatable bonds is 3. The number of halogens is 1. The van der Waals surface area contributed by atoms with Crippen LogP contribution in [0.15, 0.2) is 28.1 Å². The van der Waals surface area contributed by atoms with E-state index in [1.54, 1.807) is 25.6 Å². The van der Waals surface area contributed by atoms with Crippen molar-refractivity contribution in [3.05, 3.63) is 38.5 Å². The van der Waals surface area contributed by atoms with Crippen LogP contribution in [0.3, 0.4) is 0 Å². The number of carbonyl (C=O) groups excluding carboxylic acids is 1. The summed E-state index contributed by atoms with van der Waals surface area (Å²) in [6.45, 7) is 0. The number of ether oxygens (including phenoxy) is 2. The molecule has 110 valence electrons. The number of amides is 1. The molecule has 1 aromatic carbocycles. The summed E-state index contributed by atoms with van der Waals surface area (Å²) in [6.07, 6.45) is 0.440. The van der Waals surface area contributed by atoms with Crippen LogP contribution in [0.25, 0.3) is 0 Å². The highest BCUT2D eigenvalue weighted by Crippen LogP contribution is 2.44. The first-order chi connectivity index (χ1) is 10.1. The molecule has 0 saturated heterocycles. The molecule has 0 aliphatic carbocycles. The summed E-state index contributed by atoms with van der Waals surface area (Å²) in [5.74, 6) is 1.35.